The second kappa shape index (κ2) is 4.02. The third-order valence-electron chi connectivity index (χ3n) is 0.463. The molecule has 0 spiro atoms. The Morgan fingerprint density at radius 2 is 2.43 bits per heavy atom. The van der Waals surface area contributed by atoms with Crippen LogP contribution < -0.4 is 0 Å². The fraction of sp³-hybridized carbons (Fsp3) is 1.00. The maximum atomic E-state index is 9.31. The van der Waals surface area contributed by atoms with Crippen LogP contribution in [0.25, 0.3) is 0 Å². The van der Waals surface area contributed by atoms with Gasteiger partial charge in [-0.25, -0.2) is 0 Å². The van der Waals surface area contributed by atoms with Crippen LogP contribution in [0.4, 0.5) is 0 Å². The van der Waals surface area contributed by atoms with Crippen molar-refractivity contribution >= 4 is 11.6 Å². The molecule has 0 aromatic rings. The molecule has 0 radical (unpaired) electrons. The Hall–Kier alpha value is -0.150. The van der Waals surface area contributed by atoms with Crippen molar-refractivity contribution in [3.8, 4) is 0 Å². The molecule has 3 nitrogen and oxygen atoms in total. The second-order valence-corrected chi connectivity index (χ2v) is 1.43. The number of alkyl halides is 1. The van der Waals surface area contributed by atoms with Crippen molar-refractivity contribution in [3.05, 3.63) is 4.91 Å². The molecule has 0 saturated carbocycles. The maximum Gasteiger partial charge on any atom is 0.108 e. The number of nitrogens with zero attached hydrogens (tertiary/aromatic N) is 1. The van der Waals surface area contributed by atoms with Gasteiger partial charge in [-0.2, -0.15) is 4.91 Å². The predicted octanol–water partition coefficient (Wildman–Crippen LogP) is 0.352. The van der Waals surface area contributed by atoms with Gasteiger partial charge in [-0.05, 0) is 0 Å². The topological polar surface area (TPSA) is 49.7 Å². The van der Waals surface area contributed by atoms with Crippen LogP contribution in [0.5, 0.6) is 0 Å². The highest BCUT2D eigenvalue weighted by atomic mass is 35.5. The summed E-state index contributed by atoms with van der Waals surface area (Å²) in [4.78, 5) is 9.31. The molecule has 7 heavy (non-hydrogen) atoms. The number of hydrogen-bond donors (Lipinski definition) is 1. The molecule has 0 aromatic heterocycles. The molecule has 0 aliphatic rings. The molecule has 42 valence electrons. The lowest BCUT2D eigenvalue weighted by Crippen LogP contribution is -2.11. The number of nitroso groups, excluding NO2 is 1. The Morgan fingerprint density at radius 3 is 2.57 bits per heavy atom. The summed E-state index contributed by atoms with van der Waals surface area (Å²) in [7, 11) is 0. The third kappa shape index (κ3) is 3.69. The highest BCUT2D eigenvalue weighted by Gasteiger charge is 1.97. The summed E-state index contributed by atoms with van der Waals surface area (Å²) < 4.78 is 0. The smallest absolute Gasteiger partial charge is 0.108 e. The van der Waals surface area contributed by atoms with Gasteiger partial charge in [0, 0.05) is 0 Å². The van der Waals surface area contributed by atoms with E-state index in [9.17, 15) is 4.91 Å². The van der Waals surface area contributed by atoms with Gasteiger partial charge in [-0.15, -0.1) is 11.6 Å². The van der Waals surface area contributed by atoms with Gasteiger partial charge < -0.3 is 5.11 Å². The van der Waals surface area contributed by atoms with Crippen LogP contribution in [-0.4, -0.2) is 23.6 Å². The minimum Gasteiger partial charge on any atom is -0.390 e. The van der Waals surface area contributed by atoms with Crippen LogP contribution >= 0.6 is 11.6 Å². The number of rotatable bonds is 3. The van der Waals surface area contributed by atoms with Crippen LogP contribution in [0.3, 0.4) is 0 Å². The molecule has 1 N–H and O–H groups in total. The molecule has 1 atom stereocenters. The van der Waals surface area contributed by atoms with E-state index in [4.69, 9.17) is 16.7 Å². The summed E-state index contributed by atoms with van der Waals surface area (Å²) in [5.74, 6) is 0.0751. The van der Waals surface area contributed by atoms with Gasteiger partial charge in [0.25, 0.3) is 0 Å². The van der Waals surface area contributed by atoms with Gasteiger partial charge >= 0.3 is 0 Å². The van der Waals surface area contributed by atoms with Crippen molar-refractivity contribution in [2.75, 3.05) is 12.4 Å². The van der Waals surface area contributed by atoms with E-state index in [0.29, 0.717) is 0 Å². The Kier molecular flexibility index (Phi) is 3.93. The molecule has 0 fully saturated rings. The average molecular weight is 124 g/mol. The monoisotopic (exact) mass is 123 g/mol. The first kappa shape index (κ1) is 6.85. The van der Waals surface area contributed by atoms with E-state index in [0.717, 1.165) is 0 Å². The van der Waals surface area contributed by atoms with Gasteiger partial charge in [-0.3, -0.25) is 0 Å². The van der Waals surface area contributed by atoms with E-state index in [1.165, 1.54) is 0 Å². The molecule has 4 heteroatoms. The summed E-state index contributed by atoms with van der Waals surface area (Å²) in [6.45, 7) is -0.108. The van der Waals surface area contributed by atoms with Crippen LogP contribution in [0.1, 0.15) is 0 Å². The maximum absolute atomic E-state index is 9.31. The van der Waals surface area contributed by atoms with E-state index < -0.39 is 6.10 Å². The van der Waals surface area contributed by atoms with Gasteiger partial charge in [0.15, 0.2) is 0 Å². The Bertz CT molecular complexity index is 58.9. The minimum atomic E-state index is -0.765. The highest BCUT2D eigenvalue weighted by Crippen LogP contribution is 1.85. The van der Waals surface area contributed by atoms with Crippen LogP contribution in [-0.2, 0) is 0 Å². The largest absolute Gasteiger partial charge is 0.390 e. The van der Waals surface area contributed by atoms with Crippen molar-refractivity contribution in [3.63, 3.8) is 0 Å². The zero-order valence-electron chi connectivity index (χ0n) is 3.67. The molecule has 0 bridgehead atoms. The normalized spacial score (nSPS) is 13.4. The number of halogens is 1. The molecule has 0 rings (SSSR count). The lowest BCUT2D eigenvalue weighted by molar-refractivity contribution is 0.207. The Morgan fingerprint density at radius 1 is 1.86 bits per heavy atom. The van der Waals surface area contributed by atoms with E-state index in [2.05, 4.69) is 5.18 Å². The number of hydrogen-bond acceptors (Lipinski definition) is 3. The second-order valence-electron chi connectivity index (χ2n) is 1.12. The molecule has 0 amide bonds. The summed E-state index contributed by atoms with van der Waals surface area (Å²) in [5, 5.41) is 10.9. The van der Waals surface area contributed by atoms with Crippen molar-refractivity contribution < 1.29 is 5.11 Å². The lowest BCUT2D eigenvalue weighted by Gasteiger charge is -1.94. The van der Waals surface area contributed by atoms with Gasteiger partial charge in [0.05, 0.1) is 12.0 Å². The summed E-state index contributed by atoms with van der Waals surface area (Å²) in [6.07, 6.45) is -0.765. The molecule has 1 unspecified atom stereocenters. The van der Waals surface area contributed by atoms with Crippen LogP contribution in [0, 0.1) is 4.91 Å². The Balaban J connectivity index is 2.98. The van der Waals surface area contributed by atoms with E-state index in [-0.39, 0.29) is 12.4 Å². The fourth-order valence-corrected chi connectivity index (χ4v) is 0.232. The van der Waals surface area contributed by atoms with E-state index >= 15 is 0 Å². The molecule has 0 aliphatic heterocycles. The van der Waals surface area contributed by atoms with Crippen molar-refractivity contribution in [1.82, 2.24) is 0 Å². The first-order valence-electron chi connectivity index (χ1n) is 1.84. The molecule has 0 saturated heterocycles. The van der Waals surface area contributed by atoms with Crippen molar-refractivity contribution in [2.24, 2.45) is 5.18 Å². The average Bonchev–Trinajstić information content (AvgIpc) is 1.68. The highest BCUT2D eigenvalue weighted by molar-refractivity contribution is 6.18. The van der Waals surface area contributed by atoms with Gasteiger partial charge in [0.1, 0.15) is 6.54 Å². The van der Waals surface area contributed by atoms with Crippen molar-refractivity contribution in [2.45, 2.75) is 6.10 Å². The standard InChI is InChI=1S/C3H6ClNO2/c4-1-3(6)2-5-7/h3,6H,1-2H2. The number of aliphatic hydroxyl groups excluding tert-OH is 1. The summed E-state index contributed by atoms with van der Waals surface area (Å²) >= 11 is 5.08. The van der Waals surface area contributed by atoms with Crippen LogP contribution in [0.2, 0.25) is 0 Å². The molecular weight excluding hydrogens is 117 g/mol. The zero-order valence-corrected chi connectivity index (χ0v) is 4.43. The predicted molar refractivity (Wildman–Crippen MR) is 27.4 cm³/mol. The number of aliphatic hydroxyl groups is 1. The minimum absolute atomic E-state index is 0.0751. The summed E-state index contributed by atoms with van der Waals surface area (Å²) in [5.41, 5.74) is 0. The molecule has 0 heterocycles. The quantitative estimate of drug-likeness (QED) is 0.435. The van der Waals surface area contributed by atoms with Gasteiger partial charge in [-0.1, -0.05) is 5.18 Å². The molecule has 0 aliphatic carbocycles. The van der Waals surface area contributed by atoms with E-state index in [1.807, 2.05) is 0 Å². The first-order chi connectivity index (χ1) is 3.31. The summed E-state index contributed by atoms with van der Waals surface area (Å²) in [6, 6.07) is 0. The van der Waals surface area contributed by atoms with Crippen LogP contribution in [0.15, 0.2) is 5.18 Å². The Labute approximate surface area is 46.3 Å². The first-order valence-corrected chi connectivity index (χ1v) is 2.38. The van der Waals surface area contributed by atoms with E-state index in [1.54, 1.807) is 0 Å². The molecule has 0 aromatic carbocycles. The zero-order chi connectivity index (χ0) is 5.70. The van der Waals surface area contributed by atoms with Crippen molar-refractivity contribution in [1.29, 1.82) is 0 Å². The molecular formula is C3H6ClNO2. The lowest BCUT2D eigenvalue weighted by atomic mass is 10.4. The van der Waals surface area contributed by atoms with Gasteiger partial charge in [0.2, 0.25) is 0 Å². The fourth-order valence-electron chi connectivity index (χ4n) is 0.135. The third-order valence-corrected chi connectivity index (χ3v) is 0.820. The SMILES string of the molecule is O=NCC(O)CCl.